The Morgan fingerprint density at radius 3 is 2.64 bits per heavy atom. The van der Waals surface area contributed by atoms with Crippen molar-refractivity contribution < 1.29 is 9.53 Å². The Labute approximate surface area is 140 Å². The molecule has 0 saturated carbocycles. The molecule has 0 aliphatic rings. The third kappa shape index (κ3) is 4.65. The lowest BCUT2D eigenvalue weighted by Crippen LogP contribution is -2.37. The molecule has 0 unspecified atom stereocenters. The Morgan fingerprint density at radius 2 is 1.95 bits per heavy atom. The van der Waals surface area contributed by atoms with E-state index in [0.29, 0.717) is 28.8 Å². The van der Waals surface area contributed by atoms with Gasteiger partial charge in [-0.05, 0) is 36.2 Å². The van der Waals surface area contributed by atoms with E-state index in [0.717, 1.165) is 5.56 Å². The molecule has 0 aliphatic carbocycles. The van der Waals surface area contributed by atoms with Crippen LogP contribution >= 0.6 is 23.2 Å². The van der Waals surface area contributed by atoms with Gasteiger partial charge < -0.3 is 10.1 Å². The molecule has 0 bridgehead atoms. The molecule has 0 fully saturated rings. The van der Waals surface area contributed by atoms with Crippen molar-refractivity contribution in [3.63, 3.8) is 0 Å². The van der Waals surface area contributed by atoms with Crippen LogP contribution in [0.1, 0.15) is 18.9 Å². The number of rotatable bonds is 6. The SMILES string of the molecule is CC[C@@H](Oc1cccc(Cl)c1)C(=O)NCc1ccccc1Cl. The number of carbonyl (C=O) groups excluding carboxylic acids is 1. The Balaban J connectivity index is 1.96. The van der Waals surface area contributed by atoms with Crippen LogP contribution in [0.5, 0.6) is 5.75 Å². The van der Waals surface area contributed by atoms with E-state index in [1.165, 1.54) is 0 Å². The third-order valence-electron chi connectivity index (χ3n) is 3.15. The van der Waals surface area contributed by atoms with Crippen LogP contribution in [0.2, 0.25) is 10.0 Å². The van der Waals surface area contributed by atoms with Gasteiger partial charge in [0, 0.05) is 16.6 Å². The summed E-state index contributed by atoms with van der Waals surface area (Å²) in [4.78, 5) is 12.2. The molecule has 2 aromatic rings. The highest BCUT2D eigenvalue weighted by atomic mass is 35.5. The fourth-order valence-corrected chi connectivity index (χ4v) is 2.35. The summed E-state index contributed by atoms with van der Waals surface area (Å²) in [5, 5.41) is 4.05. The Bertz CT molecular complexity index is 646. The van der Waals surface area contributed by atoms with Gasteiger partial charge in [-0.1, -0.05) is 54.4 Å². The standard InChI is InChI=1S/C17H17Cl2NO2/c1-2-16(22-14-8-5-7-13(18)10-14)17(21)20-11-12-6-3-4-9-15(12)19/h3-10,16H,2,11H2,1H3,(H,20,21)/t16-/m1/s1. The molecule has 1 atom stereocenters. The molecule has 22 heavy (non-hydrogen) atoms. The Morgan fingerprint density at radius 1 is 1.18 bits per heavy atom. The lowest BCUT2D eigenvalue weighted by molar-refractivity contribution is -0.128. The van der Waals surface area contributed by atoms with E-state index in [2.05, 4.69) is 5.32 Å². The fraction of sp³-hybridized carbons (Fsp3) is 0.235. The minimum Gasteiger partial charge on any atom is -0.481 e. The molecule has 3 nitrogen and oxygen atoms in total. The molecule has 0 aliphatic heterocycles. The second-order valence-corrected chi connectivity index (χ2v) is 5.62. The third-order valence-corrected chi connectivity index (χ3v) is 3.75. The summed E-state index contributed by atoms with van der Waals surface area (Å²) in [7, 11) is 0. The Kier molecular flexibility index (Phi) is 6.10. The smallest absolute Gasteiger partial charge is 0.261 e. The maximum Gasteiger partial charge on any atom is 0.261 e. The summed E-state index contributed by atoms with van der Waals surface area (Å²) in [5.41, 5.74) is 0.870. The first kappa shape index (κ1) is 16.7. The van der Waals surface area contributed by atoms with Crippen molar-refractivity contribution in [1.82, 2.24) is 5.32 Å². The normalized spacial score (nSPS) is 11.8. The van der Waals surface area contributed by atoms with Gasteiger partial charge in [0.25, 0.3) is 5.91 Å². The summed E-state index contributed by atoms with van der Waals surface area (Å²) < 4.78 is 5.70. The largest absolute Gasteiger partial charge is 0.481 e. The van der Waals surface area contributed by atoms with Crippen molar-refractivity contribution in [3.8, 4) is 5.75 Å². The molecule has 0 aromatic heterocycles. The van der Waals surface area contributed by atoms with Crippen molar-refractivity contribution in [2.24, 2.45) is 0 Å². The van der Waals surface area contributed by atoms with Crippen molar-refractivity contribution in [2.75, 3.05) is 0 Å². The topological polar surface area (TPSA) is 38.3 Å². The number of carbonyl (C=O) groups is 1. The monoisotopic (exact) mass is 337 g/mol. The van der Waals surface area contributed by atoms with Gasteiger partial charge in [0.1, 0.15) is 5.75 Å². The zero-order chi connectivity index (χ0) is 15.9. The van der Waals surface area contributed by atoms with Gasteiger partial charge in [0.15, 0.2) is 6.10 Å². The number of halogens is 2. The van der Waals surface area contributed by atoms with Crippen LogP contribution in [-0.2, 0) is 11.3 Å². The summed E-state index contributed by atoms with van der Waals surface area (Å²) >= 11 is 12.0. The first-order chi connectivity index (χ1) is 10.6. The molecule has 116 valence electrons. The molecule has 0 spiro atoms. The van der Waals surface area contributed by atoms with Gasteiger partial charge in [-0.3, -0.25) is 4.79 Å². The molecule has 2 aromatic carbocycles. The fourth-order valence-electron chi connectivity index (χ4n) is 1.96. The van der Waals surface area contributed by atoms with E-state index >= 15 is 0 Å². The molecule has 1 amide bonds. The molecule has 1 N–H and O–H groups in total. The van der Waals surface area contributed by atoms with Crippen LogP contribution in [0.4, 0.5) is 0 Å². The van der Waals surface area contributed by atoms with Crippen LogP contribution < -0.4 is 10.1 Å². The molecular weight excluding hydrogens is 321 g/mol. The Hall–Kier alpha value is -1.71. The van der Waals surface area contributed by atoms with Gasteiger partial charge in [-0.2, -0.15) is 0 Å². The minimum absolute atomic E-state index is 0.178. The molecule has 0 heterocycles. The highest BCUT2D eigenvalue weighted by molar-refractivity contribution is 6.31. The second-order valence-electron chi connectivity index (χ2n) is 4.78. The van der Waals surface area contributed by atoms with E-state index in [9.17, 15) is 4.79 Å². The van der Waals surface area contributed by atoms with Crippen LogP contribution in [0.25, 0.3) is 0 Å². The van der Waals surface area contributed by atoms with E-state index < -0.39 is 6.10 Å². The first-order valence-corrected chi connectivity index (χ1v) is 7.79. The van der Waals surface area contributed by atoms with Crippen LogP contribution in [0.15, 0.2) is 48.5 Å². The first-order valence-electron chi connectivity index (χ1n) is 7.03. The zero-order valence-corrected chi connectivity index (χ0v) is 13.7. The summed E-state index contributed by atoms with van der Waals surface area (Å²) in [6.45, 7) is 2.26. The van der Waals surface area contributed by atoms with Crippen molar-refractivity contribution in [1.29, 1.82) is 0 Å². The van der Waals surface area contributed by atoms with Gasteiger partial charge in [0.05, 0.1) is 0 Å². The van der Waals surface area contributed by atoms with Crippen molar-refractivity contribution >= 4 is 29.1 Å². The highest BCUT2D eigenvalue weighted by Gasteiger charge is 2.18. The minimum atomic E-state index is -0.569. The lowest BCUT2D eigenvalue weighted by Gasteiger charge is -2.17. The van der Waals surface area contributed by atoms with Crippen molar-refractivity contribution in [3.05, 3.63) is 64.1 Å². The number of amides is 1. The van der Waals surface area contributed by atoms with Gasteiger partial charge >= 0.3 is 0 Å². The molecular formula is C17H17Cl2NO2. The van der Waals surface area contributed by atoms with E-state index in [-0.39, 0.29) is 5.91 Å². The number of benzene rings is 2. The number of nitrogens with one attached hydrogen (secondary N) is 1. The maximum atomic E-state index is 12.2. The van der Waals surface area contributed by atoms with Crippen LogP contribution in [-0.4, -0.2) is 12.0 Å². The van der Waals surface area contributed by atoms with Gasteiger partial charge in [0.2, 0.25) is 0 Å². The van der Waals surface area contributed by atoms with E-state index in [1.54, 1.807) is 30.3 Å². The van der Waals surface area contributed by atoms with E-state index in [1.807, 2.05) is 25.1 Å². The lowest BCUT2D eigenvalue weighted by atomic mass is 10.2. The average Bonchev–Trinajstić information content (AvgIpc) is 2.51. The highest BCUT2D eigenvalue weighted by Crippen LogP contribution is 2.19. The average molecular weight is 338 g/mol. The maximum absolute atomic E-state index is 12.2. The zero-order valence-electron chi connectivity index (χ0n) is 12.2. The molecule has 0 radical (unpaired) electrons. The van der Waals surface area contributed by atoms with Gasteiger partial charge in [-0.25, -0.2) is 0 Å². The predicted molar refractivity (Wildman–Crippen MR) is 89.5 cm³/mol. The number of hydrogen-bond donors (Lipinski definition) is 1. The van der Waals surface area contributed by atoms with Crippen LogP contribution in [0.3, 0.4) is 0 Å². The van der Waals surface area contributed by atoms with Crippen LogP contribution in [0, 0.1) is 0 Å². The van der Waals surface area contributed by atoms with Gasteiger partial charge in [-0.15, -0.1) is 0 Å². The number of ether oxygens (including phenoxy) is 1. The summed E-state index contributed by atoms with van der Waals surface area (Å²) in [6.07, 6.45) is -0.0121. The molecule has 0 saturated heterocycles. The summed E-state index contributed by atoms with van der Waals surface area (Å²) in [5.74, 6) is 0.398. The van der Waals surface area contributed by atoms with E-state index in [4.69, 9.17) is 27.9 Å². The predicted octanol–water partition coefficient (Wildman–Crippen LogP) is 4.47. The molecule has 5 heteroatoms. The number of hydrogen-bond acceptors (Lipinski definition) is 2. The quantitative estimate of drug-likeness (QED) is 0.844. The molecule has 2 rings (SSSR count). The second kappa shape index (κ2) is 8.06. The van der Waals surface area contributed by atoms with Crippen molar-refractivity contribution in [2.45, 2.75) is 26.0 Å². The summed E-state index contributed by atoms with van der Waals surface area (Å²) in [6, 6.07) is 14.4.